The summed E-state index contributed by atoms with van der Waals surface area (Å²) in [4.78, 5) is 22.7. The highest BCUT2D eigenvalue weighted by Gasteiger charge is 2.39. The molecule has 8 nitrogen and oxygen atoms in total. The molecule has 124 valence electrons. The van der Waals surface area contributed by atoms with Crippen LogP contribution in [0.3, 0.4) is 0 Å². The normalized spacial score (nSPS) is 11.7. The van der Waals surface area contributed by atoms with E-state index in [1.54, 1.807) is 0 Å². The Hall–Kier alpha value is -3.24. The standard InChI is InChI=1S/C13H10F3N7O/c1-22-8(5-20-11(22)10(17)24)7-6-23(12-18-3-2-4-19-12)21-9(7)13(14,15)16/h2-6H,1H3,(H2,17,24). The second kappa shape index (κ2) is 5.44. The molecule has 1 amide bonds. The zero-order valence-electron chi connectivity index (χ0n) is 12.2. The van der Waals surface area contributed by atoms with Crippen LogP contribution in [0.1, 0.15) is 16.3 Å². The third-order valence-electron chi connectivity index (χ3n) is 3.22. The fraction of sp³-hybridized carbons (Fsp3) is 0.154. The maximum atomic E-state index is 13.3. The maximum Gasteiger partial charge on any atom is 0.435 e. The van der Waals surface area contributed by atoms with E-state index in [1.807, 2.05) is 0 Å². The molecule has 3 rings (SSSR count). The van der Waals surface area contributed by atoms with Gasteiger partial charge in [-0.1, -0.05) is 0 Å². The number of imidazole rings is 1. The van der Waals surface area contributed by atoms with Gasteiger partial charge in [0.2, 0.25) is 5.95 Å². The van der Waals surface area contributed by atoms with Crippen LogP contribution in [0.4, 0.5) is 13.2 Å². The van der Waals surface area contributed by atoms with E-state index < -0.39 is 17.8 Å². The highest BCUT2D eigenvalue weighted by atomic mass is 19.4. The number of primary amides is 1. The van der Waals surface area contributed by atoms with Gasteiger partial charge in [0.25, 0.3) is 5.91 Å². The number of nitrogens with two attached hydrogens (primary N) is 1. The van der Waals surface area contributed by atoms with Crippen LogP contribution in [0.15, 0.2) is 30.9 Å². The van der Waals surface area contributed by atoms with E-state index in [-0.39, 0.29) is 23.0 Å². The van der Waals surface area contributed by atoms with Crippen LogP contribution in [-0.2, 0) is 13.2 Å². The van der Waals surface area contributed by atoms with Gasteiger partial charge in [-0.15, -0.1) is 0 Å². The molecule has 0 atom stereocenters. The zero-order valence-corrected chi connectivity index (χ0v) is 12.2. The molecule has 0 fully saturated rings. The van der Waals surface area contributed by atoms with Crippen molar-refractivity contribution in [1.29, 1.82) is 0 Å². The van der Waals surface area contributed by atoms with Crippen LogP contribution >= 0.6 is 0 Å². The smallest absolute Gasteiger partial charge is 0.363 e. The van der Waals surface area contributed by atoms with Crippen LogP contribution in [0.2, 0.25) is 0 Å². The minimum atomic E-state index is -4.72. The lowest BCUT2D eigenvalue weighted by Crippen LogP contribution is -2.17. The van der Waals surface area contributed by atoms with Gasteiger partial charge in [-0.25, -0.2) is 19.6 Å². The maximum absolute atomic E-state index is 13.3. The van der Waals surface area contributed by atoms with Gasteiger partial charge >= 0.3 is 6.18 Å². The fourth-order valence-corrected chi connectivity index (χ4v) is 2.17. The number of hydrogen-bond donors (Lipinski definition) is 1. The molecular weight excluding hydrogens is 327 g/mol. The number of nitrogens with zero attached hydrogens (tertiary/aromatic N) is 6. The lowest BCUT2D eigenvalue weighted by molar-refractivity contribution is -0.140. The SMILES string of the molecule is Cn1c(-c2cn(-c3ncccn3)nc2C(F)(F)F)cnc1C(N)=O. The Balaban J connectivity index is 2.20. The molecule has 0 saturated heterocycles. The molecule has 0 aromatic carbocycles. The molecule has 24 heavy (non-hydrogen) atoms. The van der Waals surface area contributed by atoms with Crippen LogP contribution in [0.5, 0.6) is 0 Å². The number of amides is 1. The van der Waals surface area contributed by atoms with Crippen LogP contribution in [-0.4, -0.2) is 35.2 Å². The lowest BCUT2D eigenvalue weighted by atomic mass is 10.2. The van der Waals surface area contributed by atoms with Gasteiger partial charge in [0.15, 0.2) is 11.5 Å². The Morgan fingerprint density at radius 2 is 1.88 bits per heavy atom. The van der Waals surface area contributed by atoms with E-state index >= 15 is 0 Å². The largest absolute Gasteiger partial charge is 0.435 e. The quantitative estimate of drug-likeness (QED) is 0.773. The average molecular weight is 337 g/mol. The van der Waals surface area contributed by atoms with Gasteiger partial charge in [-0.2, -0.15) is 18.3 Å². The second-order valence-corrected chi connectivity index (χ2v) is 4.77. The van der Waals surface area contributed by atoms with E-state index in [1.165, 1.54) is 30.1 Å². The number of carbonyl (C=O) groups is 1. The molecular formula is C13H10F3N7O. The summed E-state index contributed by atoms with van der Waals surface area (Å²) in [5, 5.41) is 3.53. The predicted molar refractivity (Wildman–Crippen MR) is 74.9 cm³/mol. The van der Waals surface area contributed by atoms with Crippen molar-refractivity contribution in [2.24, 2.45) is 12.8 Å². The molecule has 0 aliphatic rings. The summed E-state index contributed by atoms with van der Waals surface area (Å²) < 4.78 is 42.0. The summed E-state index contributed by atoms with van der Waals surface area (Å²) in [7, 11) is 1.39. The van der Waals surface area contributed by atoms with E-state index in [0.717, 1.165) is 17.1 Å². The third kappa shape index (κ3) is 2.59. The number of alkyl halides is 3. The van der Waals surface area contributed by atoms with Crippen molar-refractivity contribution < 1.29 is 18.0 Å². The first-order valence-corrected chi connectivity index (χ1v) is 6.55. The summed E-state index contributed by atoms with van der Waals surface area (Å²) in [6.45, 7) is 0. The van der Waals surface area contributed by atoms with Crippen LogP contribution in [0.25, 0.3) is 17.2 Å². The number of hydrogen-bond acceptors (Lipinski definition) is 5. The first-order chi connectivity index (χ1) is 11.3. The number of aromatic nitrogens is 6. The van der Waals surface area contributed by atoms with Crippen molar-refractivity contribution in [3.63, 3.8) is 0 Å². The van der Waals surface area contributed by atoms with Crippen molar-refractivity contribution >= 4 is 5.91 Å². The van der Waals surface area contributed by atoms with Gasteiger partial charge in [-0.3, -0.25) is 4.79 Å². The number of rotatable bonds is 3. The molecule has 11 heteroatoms. The van der Waals surface area contributed by atoms with E-state index in [0.29, 0.717) is 0 Å². The molecule has 2 N–H and O–H groups in total. The minimum absolute atomic E-state index is 0.0217. The first-order valence-electron chi connectivity index (χ1n) is 6.55. The summed E-state index contributed by atoms with van der Waals surface area (Å²) in [6.07, 6.45) is 0.299. The number of carbonyl (C=O) groups excluding carboxylic acids is 1. The topological polar surface area (TPSA) is 105 Å². The molecule has 0 aliphatic heterocycles. The average Bonchev–Trinajstić information content (AvgIpc) is 3.11. The Morgan fingerprint density at radius 1 is 1.21 bits per heavy atom. The molecule has 3 aromatic heterocycles. The second-order valence-electron chi connectivity index (χ2n) is 4.77. The molecule has 0 saturated carbocycles. The predicted octanol–water partition coefficient (Wildman–Crippen LogP) is 1.18. The van der Waals surface area contributed by atoms with E-state index in [4.69, 9.17) is 5.73 Å². The van der Waals surface area contributed by atoms with Gasteiger partial charge in [0.1, 0.15) is 0 Å². The Labute approximate surface area is 132 Å². The van der Waals surface area contributed by atoms with Crippen LogP contribution in [0, 0.1) is 0 Å². The highest BCUT2D eigenvalue weighted by molar-refractivity contribution is 5.90. The van der Waals surface area contributed by atoms with Crippen molar-refractivity contribution in [2.75, 3.05) is 0 Å². The zero-order chi connectivity index (χ0) is 17.5. The molecule has 0 aliphatic carbocycles. The molecule has 0 unspecified atom stereocenters. The van der Waals surface area contributed by atoms with E-state index in [2.05, 4.69) is 20.1 Å². The molecule has 3 heterocycles. The van der Waals surface area contributed by atoms with Gasteiger partial charge in [0.05, 0.1) is 17.5 Å². The fourth-order valence-electron chi connectivity index (χ4n) is 2.17. The highest BCUT2D eigenvalue weighted by Crippen LogP contribution is 2.36. The minimum Gasteiger partial charge on any atom is -0.363 e. The number of halogens is 3. The molecule has 3 aromatic rings. The van der Waals surface area contributed by atoms with Gasteiger partial charge in [0, 0.05) is 25.6 Å². The summed E-state index contributed by atoms with van der Waals surface area (Å²) in [5.74, 6) is -1.04. The summed E-state index contributed by atoms with van der Waals surface area (Å²) >= 11 is 0. The van der Waals surface area contributed by atoms with Gasteiger partial charge in [-0.05, 0) is 6.07 Å². The Bertz CT molecular complexity index is 898. The Kier molecular flexibility index (Phi) is 3.55. The third-order valence-corrected chi connectivity index (χ3v) is 3.22. The lowest BCUT2D eigenvalue weighted by Gasteiger charge is -2.07. The molecule has 0 radical (unpaired) electrons. The van der Waals surface area contributed by atoms with Crippen molar-refractivity contribution in [3.8, 4) is 17.2 Å². The van der Waals surface area contributed by atoms with Crippen LogP contribution < -0.4 is 5.73 Å². The van der Waals surface area contributed by atoms with Crippen molar-refractivity contribution in [3.05, 3.63) is 42.4 Å². The molecule has 0 bridgehead atoms. The Morgan fingerprint density at radius 3 is 2.42 bits per heavy atom. The summed E-state index contributed by atoms with van der Waals surface area (Å²) in [5.41, 5.74) is 3.77. The van der Waals surface area contributed by atoms with Gasteiger partial charge < -0.3 is 10.3 Å². The monoisotopic (exact) mass is 337 g/mol. The van der Waals surface area contributed by atoms with Crippen molar-refractivity contribution in [1.82, 2.24) is 29.3 Å². The first kappa shape index (κ1) is 15.6. The summed E-state index contributed by atoms with van der Waals surface area (Å²) in [6, 6.07) is 1.53. The van der Waals surface area contributed by atoms with E-state index in [9.17, 15) is 18.0 Å². The molecule has 0 spiro atoms. The van der Waals surface area contributed by atoms with Crippen molar-refractivity contribution in [2.45, 2.75) is 6.18 Å².